The van der Waals surface area contributed by atoms with Crippen LogP contribution in [0.3, 0.4) is 0 Å². The van der Waals surface area contributed by atoms with Crippen LogP contribution in [0.4, 0.5) is 17.1 Å². The molecule has 0 unspecified atom stereocenters. The van der Waals surface area contributed by atoms with Crippen LogP contribution in [0.2, 0.25) is 0 Å². The van der Waals surface area contributed by atoms with Crippen molar-refractivity contribution in [3.63, 3.8) is 0 Å². The molecule has 11 rings (SSSR count). The molecule has 0 aliphatic heterocycles. The summed E-state index contributed by atoms with van der Waals surface area (Å²) in [5, 5.41) is 4.66. The van der Waals surface area contributed by atoms with Crippen LogP contribution in [0.15, 0.2) is 168 Å². The molecular formula is C55H45NO. The van der Waals surface area contributed by atoms with E-state index in [-0.39, 0.29) is 10.8 Å². The highest BCUT2D eigenvalue weighted by Crippen LogP contribution is 2.63. The standard InChI is InChI=1S/C55H45NO/c1-53(2,3)35-30-36(54(4,5)6)32-38(31-35)56(49-29-34-17-7-8-18-39(34)51-44-22-12-16-26-50(44)57-52(49)51)37-27-28-43-42-21-11-15-25-47(42)55(48(43)33-37)45-23-13-9-19-40(45)41-20-10-14-24-46(41)55/h7-33H,1-6H3. The van der Waals surface area contributed by atoms with Crippen LogP contribution < -0.4 is 4.90 Å². The minimum atomic E-state index is -0.456. The maximum Gasteiger partial charge on any atom is 0.160 e. The molecule has 0 saturated carbocycles. The van der Waals surface area contributed by atoms with Crippen molar-refractivity contribution in [1.29, 1.82) is 0 Å². The van der Waals surface area contributed by atoms with Crippen LogP contribution in [0.25, 0.3) is 55.0 Å². The normalized spacial score (nSPS) is 13.9. The molecule has 2 aliphatic carbocycles. The van der Waals surface area contributed by atoms with E-state index in [4.69, 9.17) is 4.42 Å². The number of rotatable bonds is 3. The lowest BCUT2D eigenvalue weighted by atomic mass is 9.70. The molecule has 0 bridgehead atoms. The van der Waals surface area contributed by atoms with Crippen LogP contribution >= 0.6 is 0 Å². The maximum absolute atomic E-state index is 7.00. The van der Waals surface area contributed by atoms with Crippen molar-refractivity contribution in [1.82, 2.24) is 0 Å². The average Bonchev–Trinajstić information content (AvgIpc) is 3.85. The maximum atomic E-state index is 7.00. The van der Waals surface area contributed by atoms with Crippen molar-refractivity contribution in [3.8, 4) is 22.3 Å². The first-order chi connectivity index (χ1) is 27.5. The Kier molecular flexibility index (Phi) is 7.03. The van der Waals surface area contributed by atoms with E-state index in [0.717, 1.165) is 39.0 Å². The molecular weight excluding hydrogens is 691 g/mol. The van der Waals surface area contributed by atoms with Gasteiger partial charge in [0.2, 0.25) is 0 Å². The molecule has 2 heteroatoms. The number of para-hydroxylation sites is 1. The molecule has 2 nitrogen and oxygen atoms in total. The van der Waals surface area contributed by atoms with Gasteiger partial charge in [-0.3, -0.25) is 0 Å². The zero-order chi connectivity index (χ0) is 38.8. The van der Waals surface area contributed by atoms with Gasteiger partial charge >= 0.3 is 0 Å². The monoisotopic (exact) mass is 735 g/mol. The van der Waals surface area contributed by atoms with E-state index in [1.807, 2.05) is 0 Å². The fourth-order valence-corrected chi connectivity index (χ4v) is 9.98. The van der Waals surface area contributed by atoms with E-state index < -0.39 is 5.41 Å². The van der Waals surface area contributed by atoms with E-state index in [9.17, 15) is 0 Å². The molecule has 0 N–H and O–H groups in total. The zero-order valence-corrected chi connectivity index (χ0v) is 33.4. The highest BCUT2D eigenvalue weighted by molar-refractivity contribution is 6.23. The van der Waals surface area contributed by atoms with Crippen molar-refractivity contribution in [2.24, 2.45) is 0 Å². The highest BCUT2D eigenvalue weighted by atomic mass is 16.3. The summed E-state index contributed by atoms with van der Waals surface area (Å²) in [5.41, 5.74) is 17.6. The largest absolute Gasteiger partial charge is 0.454 e. The number of fused-ring (bicyclic) bond motifs is 15. The quantitative estimate of drug-likeness (QED) is 0.180. The molecule has 8 aromatic carbocycles. The molecule has 0 fully saturated rings. The van der Waals surface area contributed by atoms with Crippen LogP contribution in [-0.4, -0.2) is 0 Å². The summed E-state index contributed by atoms with van der Waals surface area (Å²) in [5.74, 6) is 0. The van der Waals surface area contributed by atoms with Crippen molar-refractivity contribution in [2.45, 2.75) is 57.8 Å². The van der Waals surface area contributed by atoms with Crippen LogP contribution in [0, 0.1) is 0 Å². The predicted octanol–water partition coefficient (Wildman–Crippen LogP) is 15.1. The number of furan rings is 1. The van der Waals surface area contributed by atoms with Gasteiger partial charge in [0.15, 0.2) is 5.58 Å². The van der Waals surface area contributed by atoms with Gasteiger partial charge in [0.25, 0.3) is 0 Å². The SMILES string of the molecule is CC(C)(C)c1cc(N(c2ccc3c(c2)C2(c4ccccc4-c4ccccc42)c2ccccc2-3)c2cc3ccccc3c3c2oc2ccccc23)cc(C(C)(C)C)c1. The summed E-state index contributed by atoms with van der Waals surface area (Å²) >= 11 is 0. The molecule has 1 aromatic heterocycles. The topological polar surface area (TPSA) is 16.4 Å². The van der Waals surface area contributed by atoms with Crippen LogP contribution in [0.5, 0.6) is 0 Å². The van der Waals surface area contributed by atoms with Crippen molar-refractivity contribution in [3.05, 3.63) is 197 Å². The molecule has 0 atom stereocenters. The van der Waals surface area contributed by atoms with Gasteiger partial charge in [0, 0.05) is 22.1 Å². The van der Waals surface area contributed by atoms with Gasteiger partial charge < -0.3 is 9.32 Å². The summed E-state index contributed by atoms with van der Waals surface area (Å²) in [6.07, 6.45) is 0. The summed E-state index contributed by atoms with van der Waals surface area (Å²) in [7, 11) is 0. The van der Waals surface area contributed by atoms with Gasteiger partial charge in [-0.25, -0.2) is 0 Å². The molecule has 57 heavy (non-hydrogen) atoms. The number of hydrogen-bond acceptors (Lipinski definition) is 2. The van der Waals surface area contributed by atoms with Gasteiger partial charge in [-0.15, -0.1) is 0 Å². The Balaban J connectivity index is 1.27. The fraction of sp³-hybridized carbons (Fsp3) is 0.164. The first-order valence-corrected chi connectivity index (χ1v) is 20.3. The molecule has 0 radical (unpaired) electrons. The number of anilines is 3. The summed E-state index contributed by atoms with van der Waals surface area (Å²) in [4.78, 5) is 2.49. The van der Waals surface area contributed by atoms with Crippen LogP contribution in [0.1, 0.15) is 74.9 Å². The molecule has 0 amide bonds. The summed E-state index contributed by atoms with van der Waals surface area (Å²) in [6.45, 7) is 13.9. The third-order valence-electron chi connectivity index (χ3n) is 12.7. The third kappa shape index (κ3) is 4.77. The number of hydrogen-bond donors (Lipinski definition) is 0. The zero-order valence-electron chi connectivity index (χ0n) is 33.4. The molecule has 0 saturated heterocycles. The molecule has 276 valence electrons. The van der Waals surface area contributed by atoms with E-state index in [1.165, 1.54) is 66.4 Å². The van der Waals surface area contributed by atoms with Crippen LogP contribution in [-0.2, 0) is 16.2 Å². The fourth-order valence-electron chi connectivity index (χ4n) is 9.98. The average molecular weight is 736 g/mol. The van der Waals surface area contributed by atoms with Gasteiger partial charge in [0.05, 0.1) is 11.1 Å². The smallest absolute Gasteiger partial charge is 0.160 e. The first kappa shape index (κ1) is 33.9. The Labute approximate surface area is 335 Å². The second kappa shape index (κ2) is 11.8. The summed E-state index contributed by atoms with van der Waals surface area (Å²) < 4.78 is 7.00. The summed E-state index contributed by atoms with van der Waals surface area (Å²) in [6, 6.07) is 61.2. The Morgan fingerprint density at radius 3 is 1.54 bits per heavy atom. The Morgan fingerprint density at radius 2 is 0.947 bits per heavy atom. The lowest BCUT2D eigenvalue weighted by Crippen LogP contribution is -2.26. The van der Waals surface area contributed by atoms with E-state index in [0.29, 0.717) is 0 Å². The van der Waals surface area contributed by atoms with E-state index >= 15 is 0 Å². The Bertz CT molecular complexity index is 3010. The second-order valence-electron chi connectivity index (χ2n) is 18.1. The van der Waals surface area contributed by atoms with Crippen molar-refractivity contribution >= 4 is 49.8 Å². The first-order valence-electron chi connectivity index (χ1n) is 20.3. The van der Waals surface area contributed by atoms with E-state index in [2.05, 4.69) is 210 Å². The van der Waals surface area contributed by atoms with E-state index in [1.54, 1.807) is 0 Å². The van der Waals surface area contributed by atoms with Crippen molar-refractivity contribution in [2.75, 3.05) is 4.90 Å². The second-order valence-corrected chi connectivity index (χ2v) is 18.1. The van der Waals surface area contributed by atoms with Gasteiger partial charge in [0.1, 0.15) is 5.58 Å². The third-order valence-corrected chi connectivity index (χ3v) is 12.7. The Morgan fingerprint density at radius 1 is 0.439 bits per heavy atom. The van der Waals surface area contributed by atoms with Crippen molar-refractivity contribution < 1.29 is 4.42 Å². The molecule has 1 spiro atoms. The molecule has 1 heterocycles. The van der Waals surface area contributed by atoms with Gasteiger partial charge in [-0.2, -0.15) is 0 Å². The minimum Gasteiger partial charge on any atom is -0.454 e. The predicted molar refractivity (Wildman–Crippen MR) is 240 cm³/mol. The number of benzene rings is 8. The highest BCUT2D eigenvalue weighted by Gasteiger charge is 2.51. The minimum absolute atomic E-state index is 0.0688. The van der Waals surface area contributed by atoms with Gasteiger partial charge in [-0.1, -0.05) is 169 Å². The lowest BCUT2D eigenvalue weighted by Gasteiger charge is -2.33. The molecule has 9 aromatic rings. The number of nitrogens with zero attached hydrogens (tertiary/aromatic N) is 1. The molecule has 2 aliphatic rings. The van der Waals surface area contributed by atoms with Gasteiger partial charge in [-0.05, 0) is 114 Å². The Hall–Kier alpha value is -6.38. The lowest BCUT2D eigenvalue weighted by molar-refractivity contribution is 0.569.